The Kier molecular flexibility index (Phi) is 7.74. The number of carboxylic acids is 1. The minimum atomic E-state index is -1.29. The number of carbonyl (C=O) groups excluding carboxylic acids is 2. The molecule has 0 radical (unpaired) electrons. The van der Waals surface area contributed by atoms with E-state index in [0.717, 1.165) is 22.2 Å². The number of benzene rings is 1. The summed E-state index contributed by atoms with van der Waals surface area (Å²) in [6.07, 6.45) is 5.51. The van der Waals surface area contributed by atoms with Gasteiger partial charge in [0.2, 0.25) is 0 Å². The normalized spacial score (nSPS) is 16.8. The molecule has 0 saturated carbocycles. The number of thiocarbonyl (C=S) groups is 1. The first-order chi connectivity index (χ1) is 12.5. The van der Waals surface area contributed by atoms with Gasteiger partial charge in [0.25, 0.3) is 5.91 Å². The van der Waals surface area contributed by atoms with Crippen molar-refractivity contribution in [1.29, 1.82) is 0 Å². The third-order valence-corrected chi connectivity index (χ3v) is 5.52. The molecule has 1 aliphatic rings. The van der Waals surface area contributed by atoms with E-state index >= 15 is 0 Å². The molecule has 0 aliphatic carbocycles. The Morgan fingerprint density at radius 3 is 2.73 bits per heavy atom. The maximum absolute atomic E-state index is 12.7. The maximum Gasteiger partial charge on any atom is 0.266 e. The molecule has 1 aromatic rings. The Hall–Kier alpha value is -1.77. The van der Waals surface area contributed by atoms with Crippen LogP contribution in [0.1, 0.15) is 12.0 Å². The summed E-state index contributed by atoms with van der Waals surface area (Å²) in [6, 6.07) is 6.16. The molecule has 5 nitrogen and oxygen atoms in total. The van der Waals surface area contributed by atoms with Crippen molar-refractivity contribution in [2.45, 2.75) is 12.5 Å². The number of carbonyl (C=O) groups is 2. The lowest BCUT2D eigenvalue weighted by atomic mass is 10.1. The minimum Gasteiger partial charge on any atom is -0.548 e. The topological polar surface area (TPSA) is 69.7 Å². The lowest BCUT2D eigenvalue weighted by Crippen LogP contribution is -2.50. The number of carboxylic acid groups (broad SMARTS) is 1. The second-order valence-corrected chi connectivity index (χ2v) is 8.00. The standard InChI is InChI=1S/C18H19NO4S3/c1-3-9-23-13-6-4-12(5-7-13)11-15-16(20)19(18(24)26-15)14(17(21)22)8-10-25-2/h3-7,11,14H,1,8-10H2,2H3,(H,21,22)/p-1/b15-11-/t14-/m0/s1. The van der Waals surface area contributed by atoms with Gasteiger partial charge in [0.15, 0.2) is 0 Å². The zero-order valence-electron chi connectivity index (χ0n) is 14.2. The second kappa shape index (κ2) is 9.80. The van der Waals surface area contributed by atoms with Crippen molar-refractivity contribution in [2.75, 3.05) is 18.6 Å². The van der Waals surface area contributed by atoms with E-state index < -0.39 is 17.9 Å². The predicted molar refractivity (Wildman–Crippen MR) is 109 cm³/mol. The van der Waals surface area contributed by atoms with Crippen LogP contribution in [0.5, 0.6) is 5.75 Å². The summed E-state index contributed by atoms with van der Waals surface area (Å²) in [5, 5.41) is 11.4. The molecule has 0 unspecified atom stereocenters. The smallest absolute Gasteiger partial charge is 0.266 e. The molecule has 0 aromatic heterocycles. The van der Waals surface area contributed by atoms with E-state index in [-0.39, 0.29) is 4.32 Å². The molecule has 1 amide bonds. The first-order valence-corrected chi connectivity index (χ1v) is 10.4. The van der Waals surface area contributed by atoms with E-state index in [4.69, 9.17) is 17.0 Å². The van der Waals surface area contributed by atoms with Gasteiger partial charge in [-0.2, -0.15) is 11.8 Å². The number of hydrogen-bond acceptors (Lipinski definition) is 7. The van der Waals surface area contributed by atoms with Crippen LogP contribution in [0.3, 0.4) is 0 Å². The Morgan fingerprint density at radius 2 is 2.15 bits per heavy atom. The summed E-state index contributed by atoms with van der Waals surface area (Å²) >= 11 is 7.83. The highest BCUT2D eigenvalue weighted by Crippen LogP contribution is 2.34. The molecule has 0 bridgehead atoms. The fourth-order valence-corrected chi connectivity index (χ4v) is 4.11. The first kappa shape index (κ1) is 20.5. The van der Waals surface area contributed by atoms with Gasteiger partial charge in [0.1, 0.15) is 16.7 Å². The monoisotopic (exact) mass is 408 g/mol. The molecule has 26 heavy (non-hydrogen) atoms. The van der Waals surface area contributed by atoms with Crippen LogP contribution in [0.2, 0.25) is 0 Å². The molecule has 1 saturated heterocycles. The van der Waals surface area contributed by atoms with Crippen molar-refractivity contribution < 1.29 is 19.4 Å². The minimum absolute atomic E-state index is 0.238. The van der Waals surface area contributed by atoms with Gasteiger partial charge in [-0.15, -0.1) is 0 Å². The maximum atomic E-state index is 12.7. The third-order valence-electron chi connectivity index (χ3n) is 3.55. The second-order valence-electron chi connectivity index (χ2n) is 5.34. The van der Waals surface area contributed by atoms with Crippen LogP contribution >= 0.6 is 35.7 Å². The van der Waals surface area contributed by atoms with Crippen LogP contribution in [0.25, 0.3) is 6.08 Å². The number of amides is 1. The third kappa shape index (κ3) is 5.12. The lowest BCUT2D eigenvalue weighted by molar-refractivity contribution is -0.310. The zero-order chi connectivity index (χ0) is 19.1. The molecular weight excluding hydrogens is 390 g/mol. The van der Waals surface area contributed by atoms with Crippen LogP contribution in [0.4, 0.5) is 0 Å². The van der Waals surface area contributed by atoms with E-state index in [0.29, 0.717) is 29.4 Å². The summed E-state index contributed by atoms with van der Waals surface area (Å²) in [7, 11) is 0. The van der Waals surface area contributed by atoms with Crippen LogP contribution in [0, 0.1) is 0 Å². The van der Waals surface area contributed by atoms with Crippen LogP contribution in [-0.2, 0) is 9.59 Å². The molecule has 0 N–H and O–H groups in total. The summed E-state index contributed by atoms with van der Waals surface area (Å²) in [4.78, 5) is 25.6. The molecule has 1 aliphatic heterocycles. The van der Waals surface area contributed by atoms with Crippen molar-refractivity contribution in [3.05, 3.63) is 47.4 Å². The first-order valence-electron chi connectivity index (χ1n) is 7.78. The van der Waals surface area contributed by atoms with Gasteiger partial charge >= 0.3 is 0 Å². The Morgan fingerprint density at radius 1 is 1.46 bits per heavy atom. The molecule has 1 heterocycles. The fourth-order valence-electron chi connectivity index (χ4n) is 2.30. The van der Waals surface area contributed by atoms with E-state index in [1.54, 1.807) is 24.3 Å². The molecule has 1 fully saturated rings. The van der Waals surface area contributed by atoms with Gasteiger partial charge in [0.05, 0.1) is 16.9 Å². The average Bonchev–Trinajstić information content (AvgIpc) is 2.89. The highest BCUT2D eigenvalue weighted by Gasteiger charge is 2.37. The van der Waals surface area contributed by atoms with Gasteiger partial charge in [-0.05, 0) is 42.2 Å². The Labute approximate surface area is 166 Å². The molecule has 2 rings (SSSR count). The molecule has 1 atom stereocenters. The highest BCUT2D eigenvalue weighted by molar-refractivity contribution is 8.26. The molecule has 8 heteroatoms. The van der Waals surface area contributed by atoms with Gasteiger partial charge in [0, 0.05) is 0 Å². The quantitative estimate of drug-likeness (QED) is 0.353. The van der Waals surface area contributed by atoms with Gasteiger partial charge in [-0.1, -0.05) is 48.8 Å². The van der Waals surface area contributed by atoms with Crippen LogP contribution < -0.4 is 9.84 Å². The summed E-state index contributed by atoms with van der Waals surface area (Å²) in [5.74, 6) is -0.396. The van der Waals surface area contributed by atoms with Crippen molar-refractivity contribution in [2.24, 2.45) is 0 Å². The van der Waals surface area contributed by atoms with E-state index in [1.807, 2.05) is 18.4 Å². The molecular formula is C18H18NO4S3-. The van der Waals surface area contributed by atoms with Crippen molar-refractivity contribution in [3.8, 4) is 5.75 Å². The van der Waals surface area contributed by atoms with Gasteiger partial charge in [-0.25, -0.2) is 0 Å². The summed E-state index contributed by atoms with van der Waals surface area (Å²) in [5.41, 5.74) is 0.797. The Bertz CT molecular complexity index is 730. The van der Waals surface area contributed by atoms with E-state index in [9.17, 15) is 14.7 Å². The van der Waals surface area contributed by atoms with Crippen molar-refractivity contribution in [1.82, 2.24) is 4.90 Å². The predicted octanol–water partition coefficient (Wildman–Crippen LogP) is 2.32. The molecule has 1 aromatic carbocycles. The van der Waals surface area contributed by atoms with E-state index in [2.05, 4.69) is 6.58 Å². The SMILES string of the molecule is C=CCOc1ccc(/C=C2\SC(=S)N([C@@H](CCSC)C(=O)[O-])C2=O)cc1. The molecule has 138 valence electrons. The summed E-state index contributed by atoms with van der Waals surface area (Å²) in [6.45, 7) is 4.01. The number of aliphatic carboxylic acids is 1. The number of rotatable bonds is 9. The average molecular weight is 409 g/mol. The zero-order valence-corrected chi connectivity index (χ0v) is 16.6. The van der Waals surface area contributed by atoms with Crippen molar-refractivity contribution >= 4 is 58.0 Å². The van der Waals surface area contributed by atoms with E-state index in [1.165, 1.54) is 11.8 Å². The fraction of sp³-hybridized carbons (Fsp3) is 0.278. The number of thioether (sulfide) groups is 2. The van der Waals surface area contributed by atoms with Gasteiger partial charge in [-0.3, -0.25) is 9.69 Å². The lowest BCUT2D eigenvalue weighted by Gasteiger charge is -2.27. The summed E-state index contributed by atoms with van der Waals surface area (Å²) < 4.78 is 5.66. The van der Waals surface area contributed by atoms with Crippen molar-refractivity contribution in [3.63, 3.8) is 0 Å². The largest absolute Gasteiger partial charge is 0.548 e. The molecule has 0 spiro atoms. The van der Waals surface area contributed by atoms with Crippen LogP contribution in [-0.4, -0.2) is 45.8 Å². The Balaban J connectivity index is 2.17. The number of ether oxygens (including phenoxy) is 1. The van der Waals surface area contributed by atoms with Crippen LogP contribution in [0.15, 0.2) is 41.8 Å². The number of hydrogen-bond donors (Lipinski definition) is 0. The highest BCUT2D eigenvalue weighted by atomic mass is 32.2. The van der Waals surface area contributed by atoms with Gasteiger partial charge < -0.3 is 14.6 Å². The number of nitrogens with zero attached hydrogens (tertiary/aromatic N) is 1.